The standard InChI is InChI=1S/C6H11NO3/c1-6(2,3-4-8)5(9)10-7/h4H,3,7H2,1-2H3. The molecule has 4 nitrogen and oxygen atoms in total. The quantitative estimate of drug-likeness (QED) is 0.449. The van der Waals surface area contributed by atoms with E-state index in [0.717, 1.165) is 0 Å². The van der Waals surface area contributed by atoms with Crippen molar-refractivity contribution in [2.75, 3.05) is 0 Å². The second-order valence-corrected chi connectivity index (χ2v) is 2.66. The molecule has 0 aromatic carbocycles. The van der Waals surface area contributed by atoms with Crippen molar-refractivity contribution in [3.05, 3.63) is 0 Å². The zero-order chi connectivity index (χ0) is 8.20. The number of nitrogens with two attached hydrogens (primary N) is 1. The van der Waals surface area contributed by atoms with Gasteiger partial charge in [0.1, 0.15) is 6.29 Å². The van der Waals surface area contributed by atoms with Crippen LogP contribution in [0.3, 0.4) is 0 Å². The Morgan fingerprint density at radius 3 is 2.50 bits per heavy atom. The van der Waals surface area contributed by atoms with Crippen molar-refractivity contribution in [3.63, 3.8) is 0 Å². The molecule has 0 aromatic heterocycles. The zero-order valence-electron chi connectivity index (χ0n) is 6.09. The van der Waals surface area contributed by atoms with Gasteiger partial charge in [-0.1, -0.05) is 0 Å². The largest absolute Gasteiger partial charge is 0.373 e. The summed E-state index contributed by atoms with van der Waals surface area (Å²) < 4.78 is 0. The van der Waals surface area contributed by atoms with Gasteiger partial charge in [-0.3, -0.25) is 0 Å². The molecule has 0 aliphatic heterocycles. The Kier molecular flexibility index (Phi) is 3.02. The molecule has 0 saturated carbocycles. The third-order valence-corrected chi connectivity index (χ3v) is 1.25. The van der Waals surface area contributed by atoms with Crippen LogP contribution in [-0.4, -0.2) is 12.3 Å². The predicted octanol–water partition coefficient (Wildman–Crippen LogP) is 0.0185. The molecule has 0 atom stereocenters. The fourth-order valence-corrected chi connectivity index (χ4v) is 0.451. The molecule has 58 valence electrons. The fourth-order valence-electron chi connectivity index (χ4n) is 0.451. The van der Waals surface area contributed by atoms with E-state index in [9.17, 15) is 9.59 Å². The first-order valence-electron chi connectivity index (χ1n) is 2.89. The molecule has 0 rings (SSSR count). The van der Waals surface area contributed by atoms with Gasteiger partial charge in [0.2, 0.25) is 0 Å². The molecule has 0 saturated heterocycles. The Morgan fingerprint density at radius 2 is 2.20 bits per heavy atom. The van der Waals surface area contributed by atoms with E-state index >= 15 is 0 Å². The van der Waals surface area contributed by atoms with Crippen molar-refractivity contribution in [1.29, 1.82) is 0 Å². The van der Waals surface area contributed by atoms with E-state index in [4.69, 9.17) is 0 Å². The Labute approximate surface area is 59.3 Å². The lowest BCUT2D eigenvalue weighted by atomic mass is 9.90. The van der Waals surface area contributed by atoms with Gasteiger partial charge in [0, 0.05) is 6.42 Å². The smallest absolute Gasteiger partial charge is 0.330 e. The summed E-state index contributed by atoms with van der Waals surface area (Å²) in [6.45, 7) is 3.19. The van der Waals surface area contributed by atoms with E-state index in [1.54, 1.807) is 13.8 Å². The summed E-state index contributed by atoms with van der Waals surface area (Å²) in [5, 5.41) is 0. The number of carbonyl (C=O) groups excluding carboxylic acids is 2. The van der Waals surface area contributed by atoms with Gasteiger partial charge < -0.3 is 9.63 Å². The molecule has 2 N–H and O–H groups in total. The summed E-state index contributed by atoms with van der Waals surface area (Å²) in [5.41, 5.74) is -0.795. The normalized spacial score (nSPS) is 10.7. The van der Waals surface area contributed by atoms with Crippen LogP contribution in [-0.2, 0) is 14.4 Å². The lowest BCUT2D eigenvalue weighted by Crippen LogP contribution is -2.29. The van der Waals surface area contributed by atoms with Crippen molar-refractivity contribution in [1.82, 2.24) is 0 Å². The predicted molar refractivity (Wildman–Crippen MR) is 34.7 cm³/mol. The molecular weight excluding hydrogens is 134 g/mol. The third-order valence-electron chi connectivity index (χ3n) is 1.25. The molecule has 0 spiro atoms. The zero-order valence-corrected chi connectivity index (χ0v) is 6.09. The molecule has 0 aliphatic carbocycles. The van der Waals surface area contributed by atoms with Crippen molar-refractivity contribution in [2.45, 2.75) is 20.3 Å². The molecule has 0 fully saturated rings. The van der Waals surface area contributed by atoms with E-state index in [1.165, 1.54) is 0 Å². The molecule has 0 unspecified atom stereocenters. The fraction of sp³-hybridized carbons (Fsp3) is 0.667. The van der Waals surface area contributed by atoms with Crippen LogP contribution in [0.4, 0.5) is 0 Å². The van der Waals surface area contributed by atoms with Gasteiger partial charge in [0.05, 0.1) is 5.41 Å². The minimum atomic E-state index is -0.795. The van der Waals surface area contributed by atoms with Gasteiger partial charge in [0.25, 0.3) is 0 Å². The highest BCUT2D eigenvalue weighted by atomic mass is 16.7. The number of carbonyl (C=O) groups is 2. The van der Waals surface area contributed by atoms with Crippen LogP contribution in [0.2, 0.25) is 0 Å². The number of aldehydes is 1. The van der Waals surface area contributed by atoms with Crippen LogP contribution in [0.5, 0.6) is 0 Å². The summed E-state index contributed by atoms with van der Waals surface area (Å²) in [6, 6.07) is 0. The van der Waals surface area contributed by atoms with Crippen molar-refractivity contribution < 1.29 is 14.4 Å². The Balaban J connectivity index is 4.08. The Morgan fingerprint density at radius 1 is 1.70 bits per heavy atom. The summed E-state index contributed by atoms with van der Waals surface area (Å²) in [4.78, 5) is 24.7. The van der Waals surface area contributed by atoms with Crippen molar-refractivity contribution >= 4 is 12.3 Å². The van der Waals surface area contributed by atoms with E-state index in [0.29, 0.717) is 6.29 Å². The van der Waals surface area contributed by atoms with Crippen LogP contribution in [0.15, 0.2) is 0 Å². The summed E-state index contributed by atoms with van der Waals surface area (Å²) in [7, 11) is 0. The maximum atomic E-state index is 10.7. The maximum absolute atomic E-state index is 10.7. The lowest BCUT2D eigenvalue weighted by Gasteiger charge is -2.16. The first kappa shape index (κ1) is 9.10. The molecule has 4 heteroatoms. The average molecular weight is 145 g/mol. The van der Waals surface area contributed by atoms with E-state index in [2.05, 4.69) is 10.7 Å². The van der Waals surface area contributed by atoms with Crippen LogP contribution >= 0.6 is 0 Å². The first-order valence-corrected chi connectivity index (χ1v) is 2.89. The number of hydrogen-bond donors (Lipinski definition) is 1. The second-order valence-electron chi connectivity index (χ2n) is 2.66. The third kappa shape index (κ3) is 2.14. The molecule has 10 heavy (non-hydrogen) atoms. The average Bonchev–Trinajstić information content (AvgIpc) is 1.86. The molecule has 0 amide bonds. The van der Waals surface area contributed by atoms with Crippen LogP contribution in [0.1, 0.15) is 20.3 Å². The minimum Gasteiger partial charge on any atom is -0.373 e. The summed E-state index contributed by atoms with van der Waals surface area (Å²) >= 11 is 0. The van der Waals surface area contributed by atoms with Crippen LogP contribution < -0.4 is 5.90 Å². The second kappa shape index (κ2) is 3.31. The van der Waals surface area contributed by atoms with Crippen molar-refractivity contribution in [2.24, 2.45) is 11.3 Å². The van der Waals surface area contributed by atoms with E-state index < -0.39 is 11.4 Å². The lowest BCUT2D eigenvalue weighted by molar-refractivity contribution is -0.155. The minimum absolute atomic E-state index is 0.128. The number of rotatable bonds is 3. The van der Waals surface area contributed by atoms with Gasteiger partial charge in [-0.2, -0.15) is 5.90 Å². The topological polar surface area (TPSA) is 69.4 Å². The number of hydrogen-bond acceptors (Lipinski definition) is 4. The van der Waals surface area contributed by atoms with Gasteiger partial charge >= 0.3 is 5.97 Å². The summed E-state index contributed by atoms with van der Waals surface area (Å²) in [5.74, 6) is 4.05. The first-order chi connectivity index (χ1) is 4.54. The highest BCUT2D eigenvalue weighted by Crippen LogP contribution is 2.19. The molecule has 0 aliphatic rings. The Hall–Kier alpha value is -0.900. The molecule has 0 heterocycles. The van der Waals surface area contributed by atoms with Crippen LogP contribution in [0.25, 0.3) is 0 Å². The molecular formula is C6H11NO3. The summed E-state index contributed by atoms with van der Waals surface area (Å²) in [6.07, 6.45) is 0.792. The van der Waals surface area contributed by atoms with Gasteiger partial charge in [0.15, 0.2) is 0 Å². The van der Waals surface area contributed by atoms with Gasteiger partial charge in [-0.15, -0.1) is 0 Å². The molecule has 0 aromatic rings. The maximum Gasteiger partial charge on any atom is 0.330 e. The highest BCUT2D eigenvalue weighted by Gasteiger charge is 2.28. The van der Waals surface area contributed by atoms with E-state index in [-0.39, 0.29) is 6.42 Å². The van der Waals surface area contributed by atoms with Crippen LogP contribution in [0, 0.1) is 5.41 Å². The Bertz CT molecular complexity index is 142. The van der Waals surface area contributed by atoms with Gasteiger partial charge in [-0.05, 0) is 13.8 Å². The van der Waals surface area contributed by atoms with Crippen molar-refractivity contribution in [3.8, 4) is 0 Å². The highest BCUT2D eigenvalue weighted by molar-refractivity contribution is 5.78. The monoisotopic (exact) mass is 145 g/mol. The molecule has 0 bridgehead atoms. The SMILES string of the molecule is CC(C)(CC=O)C(=O)ON. The van der Waals surface area contributed by atoms with E-state index in [1.807, 2.05) is 0 Å². The molecule has 0 radical (unpaired) electrons. The van der Waals surface area contributed by atoms with Gasteiger partial charge in [-0.25, -0.2) is 4.79 Å².